The zero-order chi connectivity index (χ0) is 13.7. The molecule has 0 spiro atoms. The number of nitrogens with zero attached hydrogens (tertiary/aromatic N) is 2. The number of hydrogen-bond donors (Lipinski definition) is 1. The fourth-order valence-electron chi connectivity index (χ4n) is 1.35. The first-order chi connectivity index (χ1) is 8.60. The quantitative estimate of drug-likeness (QED) is 0.292. The molecule has 1 aromatic heterocycles. The van der Waals surface area contributed by atoms with Crippen LogP contribution in [0.2, 0.25) is 0 Å². The van der Waals surface area contributed by atoms with Crippen LogP contribution in [0.5, 0.6) is 0 Å². The largest absolute Gasteiger partial charge is 0.315 e. The molecule has 1 heterocycles. The van der Waals surface area contributed by atoms with Gasteiger partial charge in [0, 0.05) is 0 Å². The number of nitrogens with one attached hydrogen (secondary N) is 1. The Morgan fingerprint density at radius 3 is 1.94 bits per heavy atom. The van der Waals surface area contributed by atoms with Gasteiger partial charge in [-0.25, -0.2) is 0 Å². The molecule has 1 rings (SSSR count). The number of aromatic amines is 1. The van der Waals surface area contributed by atoms with Gasteiger partial charge in [-0.1, -0.05) is 0 Å². The van der Waals surface area contributed by atoms with Crippen LogP contribution in [0.15, 0.2) is 0 Å². The van der Waals surface area contributed by atoms with Gasteiger partial charge in [-0.2, -0.15) is 5.10 Å². The molecule has 0 amide bonds. The third-order valence-electron chi connectivity index (χ3n) is 2.21. The molecule has 94 valence electrons. The number of aldehydes is 4. The lowest BCUT2D eigenvalue weighted by Gasteiger charge is -1.99. The van der Waals surface area contributed by atoms with Gasteiger partial charge in [-0.15, -0.1) is 0 Å². The van der Waals surface area contributed by atoms with E-state index >= 15 is 0 Å². The molecule has 1 N–H and O–H groups in total. The highest BCUT2D eigenvalue weighted by molar-refractivity contribution is 5.89. The van der Waals surface area contributed by atoms with Crippen molar-refractivity contribution in [2.45, 2.75) is 11.8 Å². The van der Waals surface area contributed by atoms with E-state index in [1.165, 1.54) is 0 Å². The van der Waals surface area contributed by atoms with Crippen molar-refractivity contribution >= 4 is 30.8 Å². The number of aromatic nitrogens is 2. The van der Waals surface area contributed by atoms with Gasteiger partial charge in [0.25, 0.3) is 0 Å². The minimum Gasteiger partial charge on any atom is -0.302 e. The van der Waals surface area contributed by atoms with Crippen molar-refractivity contribution in [3.8, 4) is 0 Å². The summed E-state index contributed by atoms with van der Waals surface area (Å²) < 4.78 is 0. The van der Waals surface area contributed by atoms with Gasteiger partial charge in [0.15, 0.2) is 5.69 Å². The summed E-state index contributed by atoms with van der Waals surface area (Å²) in [5, 5.41) is 16.4. The van der Waals surface area contributed by atoms with Gasteiger partial charge in [-0.05, 0) is 0 Å². The molecule has 9 heteroatoms. The van der Waals surface area contributed by atoms with E-state index in [-0.39, 0.29) is 30.8 Å². The number of carbonyl (C=O) groups excluding carboxylic acids is 4. The first-order valence-corrected chi connectivity index (χ1v) is 4.64. The van der Waals surface area contributed by atoms with Crippen molar-refractivity contribution in [2.75, 3.05) is 0 Å². The van der Waals surface area contributed by atoms with Crippen molar-refractivity contribution in [3.63, 3.8) is 0 Å². The summed E-state index contributed by atoms with van der Waals surface area (Å²) in [6.45, 7) is 0. The molecule has 0 saturated heterocycles. The molecule has 0 aromatic carbocycles. The van der Waals surface area contributed by atoms with Gasteiger partial charge in [0.05, 0.1) is 4.92 Å². The lowest BCUT2D eigenvalue weighted by molar-refractivity contribution is -0.386. The maximum atomic E-state index is 10.9. The van der Waals surface area contributed by atoms with Crippen molar-refractivity contribution < 1.29 is 24.1 Å². The second kappa shape index (κ2) is 5.57. The maximum absolute atomic E-state index is 10.9. The molecule has 0 unspecified atom stereocenters. The fraction of sp³-hybridized carbons (Fsp3) is 0.222. The van der Waals surface area contributed by atoms with Gasteiger partial charge in [0.2, 0.25) is 0 Å². The Hall–Kier alpha value is -2.71. The summed E-state index contributed by atoms with van der Waals surface area (Å²) in [6.07, 6.45) is 0.732. The highest BCUT2D eigenvalue weighted by Gasteiger charge is 2.33. The molecular weight excluding hydrogens is 246 g/mol. The summed E-state index contributed by atoms with van der Waals surface area (Å²) in [6, 6.07) is 0. The van der Waals surface area contributed by atoms with Crippen molar-refractivity contribution in [1.82, 2.24) is 10.2 Å². The zero-order valence-corrected chi connectivity index (χ0v) is 8.81. The third kappa shape index (κ3) is 2.19. The second-order valence-electron chi connectivity index (χ2n) is 3.22. The Balaban J connectivity index is 3.43. The molecular formula is C9H7N3O6. The average Bonchev–Trinajstić information content (AvgIpc) is 2.77. The summed E-state index contributed by atoms with van der Waals surface area (Å²) >= 11 is 0. The van der Waals surface area contributed by atoms with Crippen LogP contribution in [0.1, 0.15) is 23.2 Å². The van der Waals surface area contributed by atoms with Gasteiger partial charge in [0.1, 0.15) is 42.7 Å². The van der Waals surface area contributed by atoms with Crippen LogP contribution in [0, 0.1) is 10.1 Å². The Labute approximate surface area is 99.3 Å². The van der Waals surface area contributed by atoms with E-state index in [1.807, 2.05) is 0 Å². The molecule has 0 aliphatic heterocycles. The Morgan fingerprint density at radius 1 is 1.06 bits per heavy atom. The monoisotopic (exact) mass is 253 g/mol. The van der Waals surface area contributed by atoms with Crippen LogP contribution >= 0.6 is 0 Å². The van der Waals surface area contributed by atoms with E-state index in [9.17, 15) is 29.3 Å². The predicted molar refractivity (Wildman–Crippen MR) is 55.0 cm³/mol. The topological polar surface area (TPSA) is 140 Å². The van der Waals surface area contributed by atoms with E-state index in [4.69, 9.17) is 0 Å². The van der Waals surface area contributed by atoms with Crippen LogP contribution < -0.4 is 0 Å². The third-order valence-corrected chi connectivity index (χ3v) is 2.21. The van der Waals surface area contributed by atoms with Gasteiger partial charge < -0.3 is 19.2 Å². The van der Waals surface area contributed by atoms with E-state index in [1.54, 1.807) is 0 Å². The first-order valence-electron chi connectivity index (χ1n) is 4.64. The summed E-state index contributed by atoms with van der Waals surface area (Å²) in [5.74, 6) is -2.82. The predicted octanol–water partition coefficient (Wildman–Crippen LogP) is -0.719. The molecule has 0 saturated carbocycles. The van der Waals surface area contributed by atoms with Gasteiger partial charge >= 0.3 is 5.69 Å². The van der Waals surface area contributed by atoms with Crippen LogP contribution in [0.4, 0.5) is 5.69 Å². The van der Waals surface area contributed by atoms with Crippen LogP contribution in [-0.2, 0) is 19.2 Å². The normalized spacial score (nSPS) is 10.3. The fourth-order valence-corrected chi connectivity index (χ4v) is 1.35. The minimum absolute atomic E-state index is 0.177. The van der Waals surface area contributed by atoms with E-state index in [0.717, 1.165) is 0 Å². The highest BCUT2D eigenvalue weighted by atomic mass is 16.6. The van der Waals surface area contributed by atoms with Crippen LogP contribution in [0.3, 0.4) is 0 Å². The van der Waals surface area contributed by atoms with E-state index in [2.05, 4.69) is 10.2 Å². The number of hydrogen-bond acceptors (Lipinski definition) is 7. The van der Waals surface area contributed by atoms with Crippen molar-refractivity contribution in [1.29, 1.82) is 0 Å². The summed E-state index contributed by atoms with van der Waals surface area (Å²) in [5.41, 5.74) is -1.48. The summed E-state index contributed by atoms with van der Waals surface area (Å²) in [4.78, 5) is 52.3. The molecule has 9 nitrogen and oxygen atoms in total. The Morgan fingerprint density at radius 2 is 1.56 bits per heavy atom. The molecule has 18 heavy (non-hydrogen) atoms. The molecule has 0 radical (unpaired) electrons. The molecule has 0 bridgehead atoms. The Kier molecular flexibility index (Phi) is 4.13. The number of H-pyrrole nitrogens is 1. The van der Waals surface area contributed by atoms with Gasteiger partial charge in [-0.3, -0.25) is 15.2 Å². The number of nitro groups is 1. The van der Waals surface area contributed by atoms with Crippen molar-refractivity contribution in [3.05, 3.63) is 21.5 Å². The molecule has 0 fully saturated rings. The number of rotatable bonds is 7. The minimum atomic E-state index is -1.42. The lowest BCUT2D eigenvalue weighted by Crippen LogP contribution is -2.08. The molecule has 0 atom stereocenters. The second-order valence-corrected chi connectivity index (χ2v) is 3.22. The van der Waals surface area contributed by atoms with Crippen LogP contribution in [0.25, 0.3) is 0 Å². The highest BCUT2D eigenvalue weighted by Crippen LogP contribution is 2.29. The van der Waals surface area contributed by atoms with Crippen LogP contribution in [-0.4, -0.2) is 40.3 Å². The standard InChI is InChI=1S/C9H7N3O6/c13-1-5(2-14)7-9(12(17)18)8(11-10-7)6(3-15)4-16/h1-6H,(H,10,11). The molecule has 1 aromatic rings. The Bertz CT molecular complexity index is 455. The van der Waals surface area contributed by atoms with E-state index < -0.39 is 28.1 Å². The molecule has 0 aliphatic carbocycles. The number of carbonyl (C=O) groups is 4. The SMILES string of the molecule is O=CC(C=O)c1n[nH]c(C(C=O)C=O)c1[N+](=O)[O-]. The van der Waals surface area contributed by atoms with E-state index in [0.29, 0.717) is 0 Å². The first kappa shape index (κ1) is 13.4. The summed E-state index contributed by atoms with van der Waals surface area (Å²) in [7, 11) is 0. The zero-order valence-electron chi connectivity index (χ0n) is 8.81. The smallest absolute Gasteiger partial charge is 0.302 e. The lowest BCUT2D eigenvalue weighted by atomic mass is 10.0. The van der Waals surface area contributed by atoms with Crippen molar-refractivity contribution in [2.24, 2.45) is 0 Å². The average molecular weight is 253 g/mol. The maximum Gasteiger partial charge on any atom is 0.315 e. The molecule has 0 aliphatic rings.